The fourth-order valence-corrected chi connectivity index (χ4v) is 0.835. The number of carbonyl (C=O) groups is 2. The fraction of sp³-hybridized carbons (Fsp3) is 0.600. The molecule has 0 radical (unpaired) electrons. The minimum absolute atomic E-state index is 0.285. The Bertz CT molecular complexity index is 194. The van der Waals surface area contributed by atoms with Crippen LogP contribution in [0.2, 0.25) is 0 Å². The highest BCUT2D eigenvalue weighted by atomic mass is 32.1. The molecule has 0 saturated carbocycles. The second-order valence-electron chi connectivity index (χ2n) is 2.63. The third kappa shape index (κ3) is 11.1. The SMILES string of the molecule is C=C.CCCCOC(=O)C(O)CC(=O)S. The molecule has 0 aromatic carbocycles. The fourth-order valence-electron chi connectivity index (χ4n) is 0.662. The standard InChI is InChI=1S/C8H14O4S.C2H4/c1-2-3-4-12-8(11)6(9)5-7(10)13;1-2/h6,9H,2-5H2,1H3,(H,10,13);1-2H2. The topological polar surface area (TPSA) is 63.6 Å². The molecular formula is C10H18O4S. The Labute approximate surface area is 95.7 Å². The van der Waals surface area contributed by atoms with Crippen molar-refractivity contribution in [3.8, 4) is 0 Å². The lowest BCUT2D eigenvalue weighted by Crippen LogP contribution is -2.25. The Balaban J connectivity index is 0. The Kier molecular flexibility index (Phi) is 12.5. The van der Waals surface area contributed by atoms with Crippen LogP contribution in [0.25, 0.3) is 0 Å². The summed E-state index contributed by atoms with van der Waals surface area (Å²) < 4.78 is 4.67. The normalized spacial score (nSPS) is 10.9. The van der Waals surface area contributed by atoms with Crippen molar-refractivity contribution in [2.75, 3.05) is 6.61 Å². The lowest BCUT2D eigenvalue weighted by atomic mass is 10.3. The summed E-state index contributed by atoms with van der Waals surface area (Å²) in [6, 6.07) is 0. The number of aliphatic hydroxyl groups excluding tert-OH is 1. The maximum absolute atomic E-state index is 10.9. The first-order chi connectivity index (χ1) is 7.07. The van der Waals surface area contributed by atoms with Crippen LogP contribution >= 0.6 is 12.6 Å². The molecule has 4 nitrogen and oxygen atoms in total. The zero-order chi connectivity index (χ0) is 12.3. The summed E-state index contributed by atoms with van der Waals surface area (Å²) in [6.07, 6.45) is -0.00203. The van der Waals surface area contributed by atoms with E-state index in [1.54, 1.807) is 0 Å². The van der Waals surface area contributed by atoms with Gasteiger partial charge in [0.05, 0.1) is 13.0 Å². The van der Waals surface area contributed by atoms with Crippen LogP contribution in [0.4, 0.5) is 0 Å². The van der Waals surface area contributed by atoms with Gasteiger partial charge in [-0.05, 0) is 6.42 Å². The van der Waals surface area contributed by atoms with Crippen LogP contribution in [0.15, 0.2) is 13.2 Å². The zero-order valence-corrected chi connectivity index (χ0v) is 9.83. The van der Waals surface area contributed by atoms with E-state index >= 15 is 0 Å². The number of rotatable bonds is 6. The van der Waals surface area contributed by atoms with Gasteiger partial charge in [-0.2, -0.15) is 0 Å². The van der Waals surface area contributed by atoms with Crippen molar-refractivity contribution in [2.24, 2.45) is 0 Å². The summed E-state index contributed by atoms with van der Waals surface area (Å²) in [4.78, 5) is 21.3. The van der Waals surface area contributed by atoms with Gasteiger partial charge in [0.1, 0.15) is 0 Å². The molecule has 0 aliphatic heterocycles. The molecular weight excluding hydrogens is 216 g/mol. The number of aliphatic hydroxyl groups is 1. The molecule has 0 bridgehead atoms. The van der Waals surface area contributed by atoms with E-state index in [0.29, 0.717) is 0 Å². The quantitative estimate of drug-likeness (QED) is 0.315. The highest BCUT2D eigenvalue weighted by Crippen LogP contribution is 1.99. The minimum Gasteiger partial charge on any atom is -0.464 e. The van der Waals surface area contributed by atoms with E-state index in [1.165, 1.54) is 0 Å². The highest BCUT2D eigenvalue weighted by molar-refractivity contribution is 7.96. The highest BCUT2D eigenvalue weighted by Gasteiger charge is 2.18. The van der Waals surface area contributed by atoms with Gasteiger partial charge in [-0.1, -0.05) is 13.3 Å². The van der Waals surface area contributed by atoms with Gasteiger partial charge < -0.3 is 9.84 Å². The molecule has 15 heavy (non-hydrogen) atoms. The Morgan fingerprint density at radius 1 is 1.47 bits per heavy atom. The maximum Gasteiger partial charge on any atom is 0.335 e. The van der Waals surface area contributed by atoms with Crippen molar-refractivity contribution >= 4 is 23.7 Å². The van der Waals surface area contributed by atoms with Gasteiger partial charge in [0.2, 0.25) is 0 Å². The van der Waals surface area contributed by atoms with Gasteiger partial charge in [0, 0.05) is 0 Å². The smallest absolute Gasteiger partial charge is 0.335 e. The van der Waals surface area contributed by atoms with E-state index in [0.717, 1.165) is 12.8 Å². The number of carbonyl (C=O) groups excluding carboxylic acids is 2. The second kappa shape index (κ2) is 11.3. The van der Waals surface area contributed by atoms with Crippen LogP contribution in [0.5, 0.6) is 0 Å². The number of hydrogen-bond donors (Lipinski definition) is 2. The summed E-state index contributed by atoms with van der Waals surface area (Å²) in [7, 11) is 0. The number of esters is 1. The summed E-state index contributed by atoms with van der Waals surface area (Å²) >= 11 is 3.43. The summed E-state index contributed by atoms with van der Waals surface area (Å²) in [6.45, 7) is 8.24. The van der Waals surface area contributed by atoms with Gasteiger partial charge >= 0.3 is 5.97 Å². The van der Waals surface area contributed by atoms with E-state index in [9.17, 15) is 9.59 Å². The van der Waals surface area contributed by atoms with Crippen molar-refractivity contribution in [2.45, 2.75) is 32.3 Å². The van der Waals surface area contributed by atoms with E-state index in [2.05, 4.69) is 30.5 Å². The van der Waals surface area contributed by atoms with Crippen LogP contribution in [0.1, 0.15) is 26.2 Å². The summed E-state index contributed by atoms with van der Waals surface area (Å²) in [5, 5.41) is 8.52. The molecule has 0 amide bonds. The van der Waals surface area contributed by atoms with Crippen LogP contribution < -0.4 is 0 Å². The van der Waals surface area contributed by atoms with Gasteiger partial charge in [-0.15, -0.1) is 25.8 Å². The maximum atomic E-state index is 10.9. The average molecular weight is 234 g/mol. The average Bonchev–Trinajstić information content (AvgIpc) is 2.20. The first-order valence-electron chi connectivity index (χ1n) is 4.64. The molecule has 1 atom stereocenters. The monoisotopic (exact) mass is 234 g/mol. The summed E-state index contributed by atoms with van der Waals surface area (Å²) in [5.74, 6) is -0.754. The molecule has 0 rings (SSSR count). The molecule has 0 heterocycles. The van der Waals surface area contributed by atoms with Crippen LogP contribution in [0, 0.1) is 0 Å². The molecule has 0 spiro atoms. The Morgan fingerprint density at radius 2 is 2.00 bits per heavy atom. The van der Waals surface area contributed by atoms with Crippen LogP contribution in [-0.2, 0) is 14.3 Å². The first-order valence-corrected chi connectivity index (χ1v) is 5.09. The Morgan fingerprint density at radius 3 is 2.40 bits per heavy atom. The first kappa shape index (κ1) is 16.6. The van der Waals surface area contributed by atoms with Gasteiger partial charge in [0.15, 0.2) is 11.2 Å². The third-order valence-electron chi connectivity index (χ3n) is 1.38. The minimum atomic E-state index is -1.37. The molecule has 0 fully saturated rings. The third-order valence-corrected chi connectivity index (χ3v) is 1.56. The molecule has 5 heteroatoms. The van der Waals surface area contributed by atoms with E-state index in [-0.39, 0.29) is 13.0 Å². The molecule has 1 N–H and O–H groups in total. The molecule has 0 saturated heterocycles. The van der Waals surface area contributed by atoms with E-state index in [4.69, 9.17) is 5.11 Å². The predicted octanol–water partition coefficient (Wildman–Crippen LogP) is 1.34. The molecule has 0 aliphatic carbocycles. The second-order valence-corrected chi connectivity index (χ2v) is 3.13. The Hall–Kier alpha value is -0.810. The van der Waals surface area contributed by atoms with Crippen molar-refractivity contribution in [3.63, 3.8) is 0 Å². The molecule has 1 unspecified atom stereocenters. The predicted molar refractivity (Wildman–Crippen MR) is 61.7 cm³/mol. The van der Waals surface area contributed by atoms with E-state index in [1.807, 2.05) is 6.92 Å². The molecule has 0 aliphatic rings. The van der Waals surface area contributed by atoms with Crippen LogP contribution in [-0.4, -0.2) is 28.9 Å². The van der Waals surface area contributed by atoms with E-state index < -0.39 is 17.2 Å². The lowest BCUT2D eigenvalue weighted by Gasteiger charge is -2.07. The zero-order valence-electron chi connectivity index (χ0n) is 8.94. The summed E-state index contributed by atoms with van der Waals surface area (Å²) in [5.41, 5.74) is 0. The van der Waals surface area contributed by atoms with Crippen molar-refractivity contribution < 1.29 is 19.4 Å². The molecule has 0 aromatic heterocycles. The number of ether oxygens (including phenoxy) is 1. The lowest BCUT2D eigenvalue weighted by molar-refractivity contribution is -0.154. The molecule has 0 aromatic rings. The number of thiol groups is 1. The van der Waals surface area contributed by atoms with Crippen molar-refractivity contribution in [1.29, 1.82) is 0 Å². The van der Waals surface area contributed by atoms with Crippen molar-refractivity contribution in [1.82, 2.24) is 0 Å². The number of hydrogen-bond acceptors (Lipinski definition) is 4. The van der Waals surface area contributed by atoms with Gasteiger partial charge in [-0.25, -0.2) is 4.79 Å². The van der Waals surface area contributed by atoms with Crippen molar-refractivity contribution in [3.05, 3.63) is 13.2 Å². The largest absolute Gasteiger partial charge is 0.464 e. The number of unbranched alkanes of at least 4 members (excludes halogenated alkanes) is 1. The van der Waals surface area contributed by atoms with Crippen LogP contribution in [0.3, 0.4) is 0 Å². The van der Waals surface area contributed by atoms with Gasteiger partial charge in [-0.3, -0.25) is 4.79 Å². The molecule has 88 valence electrons. The van der Waals surface area contributed by atoms with Gasteiger partial charge in [0.25, 0.3) is 0 Å².